The van der Waals surface area contributed by atoms with Crippen LogP contribution in [-0.2, 0) is 45.3 Å². The fourth-order valence-corrected chi connectivity index (χ4v) is 17.9. The fourth-order valence-electron chi connectivity index (χ4n) is 6.72. The van der Waals surface area contributed by atoms with Gasteiger partial charge in [-0.2, -0.15) is 0 Å². The lowest BCUT2D eigenvalue weighted by Crippen LogP contribution is -2.66. The van der Waals surface area contributed by atoms with Gasteiger partial charge in [-0.1, -0.05) is 85.7 Å². The van der Waals surface area contributed by atoms with E-state index in [9.17, 15) is 9.59 Å². The van der Waals surface area contributed by atoms with Gasteiger partial charge in [-0.25, -0.2) is 9.97 Å². The fraction of sp³-hybridized carbons (Fsp3) is 0.625. The molecule has 0 aliphatic carbocycles. The maximum atomic E-state index is 13.4. The Kier molecular flexibility index (Phi) is 10.4. The predicted octanol–water partition coefficient (Wildman–Crippen LogP) is 5.55. The van der Waals surface area contributed by atoms with Gasteiger partial charge in [-0.15, -0.1) is 0 Å². The van der Waals surface area contributed by atoms with Crippen molar-refractivity contribution in [2.45, 2.75) is 122 Å². The van der Waals surface area contributed by atoms with E-state index < -0.39 is 47.6 Å². The summed E-state index contributed by atoms with van der Waals surface area (Å²) in [5.74, 6) is -0.475. The summed E-state index contributed by atoms with van der Waals surface area (Å²) in [4.78, 5) is 35.0. The Labute approximate surface area is 272 Å². The number of carbonyl (C=O) groups is 1. The lowest BCUT2D eigenvalue weighted by Gasteiger charge is -2.51. The molecule has 5 rings (SSSR count). The van der Waals surface area contributed by atoms with Crippen LogP contribution in [0.4, 0.5) is 0 Å². The van der Waals surface area contributed by atoms with Crippen molar-refractivity contribution in [2.75, 3.05) is 6.61 Å². The Morgan fingerprint density at radius 2 is 1.61 bits per heavy atom. The molecule has 0 unspecified atom stereocenters. The topological polar surface area (TPSA) is 125 Å². The Balaban J connectivity index is 1.50. The minimum Gasteiger partial charge on any atom is -0.455 e. The van der Waals surface area contributed by atoms with Crippen molar-refractivity contribution in [1.82, 2.24) is 19.1 Å². The van der Waals surface area contributed by atoms with E-state index in [0.29, 0.717) is 12.3 Å². The van der Waals surface area contributed by atoms with Gasteiger partial charge in [0.25, 0.3) is 5.56 Å². The zero-order chi connectivity index (χ0) is 33.4. The summed E-state index contributed by atoms with van der Waals surface area (Å²) in [6.45, 7) is 19.1. The summed E-state index contributed by atoms with van der Waals surface area (Å²) in [6, 6.07) is 9.72. The third-order valence-electron chi connectivity index (χ3n) is 9.09. The Morgan fingerprint density at radius 3 is 2.22 bits per heavy atom. The third kappa shape index (κ3) is 6.40. The van der Waals surface area contributed by atoms with Crippen LogP contribution in [0.25, 0.3) is 11.2 Å². The number of esters is 1. The van der Waals surface area contributed by atoms with Crippen molar-refractivity contribution in [3.8, 4) is 0 Å². The second-order valence-electron chi connectivity index (χ2n) is 13.5. The van der Waals surface area contributed by atoms with Gasteiger partial charge in [-0.3, -0.25) is 18.7 Å². The van der Waals surface area contributed by atoms with E-state index in [1.54, 1.807) is 4.57 Å². The maximum Gasteiger partial charge on any atom is 0.335 e. The summed E-state index contributed by atoms with van der Waals surface area (Å²) in [5.41, 5.74) is 1.59. The van der Waals surface area contributed by atoms with Crippen molar-refractivity contribution in [3.05, 3.63) is 58.9 Å². The zero-order valence-corrected chi connectivity index (χ0v) is 30.3. The molecule has 252 valence electrons. The molecule has 2 saturated heterocycles. The number of hydrogen-bond acceptors (Lipinski definition) is 10. The largest absolute Gasteiger partial charge is 0.455 e. The van der Waals surface area contributed by atoms with Crippen LogP contribution in [-0.4, -0.2) is 67.1 Å². The maximum absolute atomic E-state index is 13.4. The van der Waals surface area contributed by atoms with Gasteiger partial charge in [0.15, 0.2) is 23.5 Å². The highest BCUT2D eigenvalue weighted by molar-refractivity contribution is 6.84. The van der Waals surface area contributed by atoms with Gasteiger partial charge >= 0.3 is 23.1 Å². The molecule has 0 spiro atoms. The summed E-state index contributed by atoms with van der Waals surface area (Å²) < 4.78 is 42.8. The van der Waals surface area contributed by atoms with Crippen molar-refractivity contribution in [3.63, 3.8) is 0 Å². The molecule has 4 atom stereocenters. The number of benzene rings is 1. The third-order valence-corrected chi connectivity index (χ3v) is 19.3. The van der Waals surface area contributed by atoms with Gasteiger partial charge in [0.2, 0.25) is 0 Å². The van der Waals surface area contributed by atoms with Crippen molar-refractivity contribution < 1.29 is 32.0 Å². The lowest BCUT2D eigenvalue weighted by atomic mass is 10.1. The molecule has 3 aromatic rings. The number of nitrogens with zero attached hydrogens (tertiary/aromatic N) is 4. The number of aromatic nitrogens is 4. The minimum atomic E-state index is -3.02. The Hall–Kier alpha value is -2.73. The van der Waals surface area contributed by atoms with Gasteiger partial charge in [-0.05, 0) is 27.7 Å². The smallest absolute Gasteiger partial charge is 0.335 e. The van der Waals surface area contributed by atoms with E-state index in [4.69, 9.17) is 27.2 Å². The van der Waals surface area contributed by atoms with Crippen LogP contribution in [0.3, 0.4) is 0 Å². The summed E-state index contributed by atoms with van der Waals surface area (Å²) in [6.07, 6.45) is -0.00833. The molecule has 14 heteroatoms. The second-order valence-corrected chi connectivity index (χ2v) is 22.3. The number of rotatable bonds is 10. The average Bonchev–Trinajstić information content (AvgIpc) is 3.55. The standard InChI is InChI=1S/C32H48N4O8Si2/c1-20(2)45(21(3)4)40-16-26-28(43-46(44-45,22(5)6)23(7)8)29(41-24(9)37)32(42-26)36-18-33-27-30(36)34-17-35(31(27)38)19-39-15-25-13-11-10-12-14-25/h10-14,17-18,20-23,26,28-29,32H,15-16,19H2,1-9H3/t26-,28-,29-,32-/m1/s1. The highest BCUT2D eigenvalue weighted by Crippen LogP contribution is 2.49. The van der Waals surface area contributed by atoms with Crippen LogP contribution in [0.1, 0.15) is 74.1 Å². The molecule has 0 amide bonds. The van der Waals surface area contributed by atoms with Crippen molar-refractivity contribution in [1.29, 1.82) is 0 Å². The summed E-state index contributed by atoms with van der Waals surface area (Å²) >= 11 is 0. The van der Waals surface area contributed by atoms with Crippen LogP contribution < -0.4 is 5.56 Å². The number of fused-ring (bicyclic) bond motifs is 2. The summed E-state index contributed by atoms with van der Waals surface area (Å²) in [5, 5.41) is 0. The van der Waals surface area contributed by atoms with Gasteiger partial charge in [0.1, 0.15) is 25.3 Å². The van der Waals surface area contributed by atoms with Gasteiger partial charge in [0, 0.05) is 6.92 Å². The normalized spacial score (nSPS) is 24.5. The molecule has 1 aromatic carbocycles. The highest BCUT2D eigenvalue weighted by Gasteiger charge is 2.62. The molecule has 2 aliphatic heterocycles. The first-order valence-electron chi connectivity index (χ1n) is 16.2. The molecule has 2 fully saturated rings. The van der Waals surface area contributed by atoms with E-state index in [2.05, 4.69) is 65.4 Å². The van der Waals surface area contributed by atoms with E-state index in [-0.39, 0.29) is 46.6 Å². The van der Waals surface area contributed by atoms with E-state index in [1.165, 1.54) is 24.1 Å². The number of ether oxygens (including phenoxy) is 3. The quantitative estimate of drug-likeness (QED) is 0.200. The van der Waals surface area contributed by atoms with Crippen LogP contribution in [0.5, 0.6) is 0 Å². The first-order valence-corrected chi connectivity index (χ1v) is 20.1. The molecule has 0 N–H and O–H groups in total. The minimum absolute atomic E-state index is 0.0172. The molecule has 0 saturated carbocycles. The highest BCUT2D eigenvalue weighted by atomic mass is 28.5. The Bertz CT molecular complexity index is 1540. The van der Waals surface area contributed by atoms with Gasteiger partial charge in [0.05, 0.1) is 19.5 Å². The molecule has 2 aromatic heterocycles. The Morgan fingerprint density at radius 1 is 0.957 bits per heavy atom. The van der Waals surface area contributed by atoms with Crippen LogP contribution in [0, 0.1) is 0 Å². The molecule has 46 heavy (non-hydrogen) atoms. The molecule has 12 nitrogen and oxygen atoms in total. The number of hydrogen-bond donors (Lipinski definition) is 0. The zero-order valence-electron chi connectivity index (χ0n) is 28.3. The number of carbonyl (C=O) groups excluding carboxylic acids is 1. The molecular weight excluding hydrogens is 625 g/mol. The average molecular weight is 673 g/mol. The lowest BCUT2D eigenvalue weighted by molar-refractivity contribution is -0.155. The molecule has 4 heterocycles. The molecular formula is C32H48N4O8Si2. The first kappa shape index (κ1) is 34.6. The van der Waals surface area contributed by atoms with Gasteiger partial charge < -0.3 is 27.2 Å². The van der Waals surface area contributed by atoms with E-state index in [0.717, 1.165) is 5.56 Å². The SMILES string of the molecule is CC(=O)O[C@@H]1[C@@H]2O[Si](C(C)C)(C(C)C)O[Si](C(C)C)(C(C)C)OC[C@H]2O[C@H]1n1cnc2c(=O)n(COCc3ccccc3)cnc21. The van der Waals surface area contributed by atoms with Crippen molar-refractivity contribution in [2.24, 2.45) is 0 Å². The predicted molar refractivity (Wildman–Crippen MR) is 176 cm³/mol. The molecule has 2 aliphatic rings. The monoisotopic (exact) mass is 672 g/mol. The molecule has 0 radical (unpaired) electrons. The van der Waals surface area contributed by atoms with E-state index in [1.807, 2.05) is 30.3 Å². The van der Waals surface area contributed by atoms with E-state index >= 15 is 0 Å². The number of imidazole rings is 1. The second kappa shape index (κ2) is 13.8. The van der Waals surface area contributed by atoms with Crippen LogP contribution >= 0.6 is 0 Å². The van der Waals surface area contributed by atoms with Crippen LogP contribution in [0.2, 0.25) is 22.2 Å². The first-order chi connectivity index (χ1) is 21.8. The molecule has 0 bridgehead atoms. The van der Waals surface area contributed by atoms with Crippen LogP contribution in [0.15, 0.2) is 47.8 Å². The summed E-state index contributed by atoms with van der Waals surface area (Å²) in [7, 11) is -5.84. The van der Waals surface area contributed by atoms with Crippen molar-refractivity contribution >= 4 is 34.3 Å².